The average Bonchev–Trinajstić information content (AvgIpc) is 3.02. The average molecular weight is 567 g/mol. The van der Waals surface area contributed by atoms with Crippen LogP contribution in [0.25, 0.3) is 0 Å². The molecule has 4 nitrogen and oxygen atoms in total. The zero-order valence-corrected chi connectivity index (χ0v) is 26.3. The van der Waals surface area contributed by atoms with E-state index in [1.54, 1.807) is 7.11 Å². The fourth-order valence-corrected chi connectivity index (χ4v) is 4.20. The van der Waals surface area contributed by atoms with Gasteiger partial charge in [-0.05, 0) is 92.4 Å². The fraction of sp³-hybridized carbons (Fsp3) is 0.289. The van der Waals surface area contributed by atoms with Crippen LogP contribution >= 0.6 is 0 Å². The van der Waals surface area contributed by atoms with Crippen molar-refractivity contribution in [2.75, 3.05) is 13.7 Å². The predicted molar refractivity (Wildman–Crippen MR) is 175 cm³/mol. The van der Waals surface area contributed by atoms with Crippen molar-refractivity contribution in [2.24, 2.45) is 0 Å². The first-order valence-electron chi connectivity index (χ1n) is 14.5. The number of carbonyl (C=O) groups excluding carboxylic acids is 1. The van der Waals surface area contributed by atoms with Gasteiger partial charge in [0.2, 0.25) is 0 Å². The Bertz CT molecular complexity index is 1330. The number of methoxy groups -OCH3 is 1. The summed E-state index contributed by atoms with van der Waals surface area (Å²) in [4.78, 5) is 12.8. The van der Waals surface area contributed by atoms with E-state index in [1.807, 2.05) is 93.6 Å². The third kappa shape index (κ3) is 9.74. The van der Waals surface area contributed by atoms with E-state index in [0.29, 0.717) is 16.9 Å². The maximum atomic E-state index is 12.8. The molecule has 0 spiro atoms. The second-order valence-corrected chi connectivity index (χ2v) is 10.4. The summed E-state index contributed by atoms with van der Waals surface area (Å²) in [6.45, 7) is 19.4. The number of carbonyl (C=O) groups is 1. The topological polar surface area (TPSA) is 44.8 Å². The van der Waals surface area contributed by atoms with Crippen LogP contribution in [-0.4, -0.2) is 25.6 Å². The Balaban J connectivity index is 0.000000947. The normalized spacial score (nSPS) is 10.6. The number of benzene rings is 4. The molecule has 4 rings (SSSR count). The summed E-state index contributed by atoms with van der Waals surface area (Å²) < 4.78 is 16.4. The number of aryl methyl sites for hydroxylation is 1. The molecule has 0 saturated heterocycles. The Morgan fingerprint density at radius 1 is 0.690 bits per heavy atom. The number of hydrogen-bond acceptors (Lipinski definition) is 4. The summed E-state index contributed by atoms with van der Waals surface area (Å²) in [5, 5.41) is 0. The zero-order chi connectivity index (χ0) is 31.1. The van der Waals surface area contributed by atoms with E-state index in [1.165, 1.54) is 16.7 Å². The Morgan fingerprint density at radius 3 is 1.45 bits per heavy atom. The lowest BCUT2D eigenvalue weighted by molar-refractivity contribution is 0.103. The van der Waals surface area contributed by atoms with Crippen LogP contribution in [0.5, 0.6) is 17.2 Å². The van der Waals surface area contributed by atoms with Gasteiger partial charge in [0.1, 0.15) is 17.2 Å². The number of hydrogen-bond donors (Lipinski definition) is 0. The summed E-state index contributed by atoms with van der Waals surface area (Å²) >= 11 is 0. The quantitative estimate of drug-likeness (QED) is 0.142. The van der Waals surface area contributed by atoms with E-state index in [4.69, 9.17) is 9.47 Å². The molecular formula is C38H46O4. The molecule has 0 aliphatic carbocycles. The molecule has 0 aliphatic heterocycles. The Kier molecular flexibility index (Phi) is 13.7. The van der Waals surface area contributed by atoms with Crippen molar-refractivity contribution in [3.8, 4) is 17.2 Å². The molecular weight excluding hydrogens is 520 g/mol. The van der Waals surface area contributed by atoms with Gasteiger partial charge in [0.15, 0.2) is 5.78 Å². The molecule has 4 aromatic rings. The summed E-state index contributed by atoms with van der Waals surface area (Å²) in [6, 6.07) is 31.6. The van der Waals surface area contributed by atoms with E-state index in [0.717, 1.165) is 24.5 Å². The first-order chi connectivity index (χ1) is 20.2. The molecule has 0 heterocycles. The van der Waals surface area contributed by atoms with Gasteiger partial charge in [-0.25, -0.2) is 0 Å². The highest BCUT2D eigenvalue weighted by Crippen LogP contribution is 2.34. The van der Waals surface area contributed by atoms with Crippen molar-refractivity contribution < 1.29 is 19.0 Å². The molecule has 0 bridgehead atoms. The van der Waals surface area contributed by atoms with E-state index >= 15 is 0 Å². The highest BCUT2D eigenvalue weighted by Gasteiger charge is 2.23. The highest BCUT2D eigenvalue weighted by atomic mass is 16.5. The molecule has 0 aliphatic rings. The smallest absolute Gasteiger partial charge is 0.193 e. The minimum absolute atomic E-state index is 0.0135. The number of ether oxygens (including phenoxy) is 3. The molecule has 0 amide bonds. The van der Waals surface area contributed by atoms with Crippen LogP contribution < -0.4 is 9.47 Å². The van der Waals surface area contributed by atoms with Gasteiger partial charge in [-0.2, -0.15) is 0 Å². The van der Waals surface area contributed by atoms with Crippen molar-refractivity contribution in [1.29, 1.82) is 0 Å². The molecule has 0 aromatic heterocycles. The van der Waals surface area contributed by atoms with Crippen LogP contribution in [0, 0.1) is 0 Å². The van der Waals surface area contributed by atoms with Crippen LogP contribution in [0.4, 0.5) is 0 Å². The van der Waals surface area contributed by atoms with Crippen LogP contribution in [0.3, 0.4) is 0 Å². The van der Waals surface area contributed by atoms with Gasteiger partial charge in [-0.1, -0.05) is 69.3 Å². The van der Waals surface area contributed by atoms with Crippen molar-refractivity contribution in [3.05, 3.63) is 138 Å². The summed E-state index contributed by atoms with van der Waals surface area (Å²) in [5.41, 5.74) is 4.82. The highest BCUT2D eigenvalue weighted by molar-refractivity contribution is 6.09. The Morgan fingerprint density at radius 2 is 1.07 bits per heavy atom. The number of rotatable bonds is 10. The van der Waals surface area contributed by atoms with E-state index in [2.05, 4.69) is 62.9 Å². The van der Waals surface area contributed by atoms with Crippen LogP contribution in [0.2, 0.25) is 0 Å². The first-order valence-corrected chi connectivity index (χ1v) is 14.5. The van der Waals surface area contributed by atoms with Crippen LogP contribution in [-0.2, 0) is 16.6 Å². The predicted octanol–water partition coefficient (Wildman–Crippen LogP) is 9.84. The second-order valence-electron chi connectivity index (χ2n) is 10.4. The van der Waals surface area contributed by atoms with Crippen LogP contribution in [0.15, 0.2) is 110 Å². The van der Waals surface area contributed by atoms with Crippen LogP contribution in [0.1, 0.15) is 74.2 Å². The van der Waals surface area contributed by atoms with E-state index < -0.39 is 0 Å². The number of ketones is 1. The zero-order valence-electron chi connectivity index (χ0n) is 26.3. The SMILES string of the molecule is C=C.CCOC.CCc1ccc(C(=O)c2ccc(Oc3ccc(C(C)(C)c4ccc(OC(C)C)cc4)cc3)cc2)cc1. The van der Waals surface area contributed by atoms with E-state index in [9.17, 15) is 4.79 Å². The summed E-state index contributed by atoms with van der Waals surface area (Å²) in [6.07, 6.45) is 1.12. The minimum Gasteiger partial charge on any atom is -0.491 e. The van der Waals surface area contributed by atoms with Crippen molar-refractivity contribution >= 4 is 5.78 Å². The second kappa shape index (κ2) is 17.0. The summed E-state index contributed by atoms with van der Waals surface area (Å²) in [7, 11) is 1.68. The Labute approximate surface area is 253 Å². The maximum Gasteiger partial charge on any atom is 0.193 e. The van der Waals surface area contributed by atoms with Gasteiger partial charge < -0.3 is 14.2 Å². The lowest BCUT2D eigenvalue weighted by Crippen LogP contribution is -2.18. The molecule has 0 unspecified atom stereocenters. The van der Waals surface area contributed by atoms with Crippen molar-refractivity contribution in [3.63, 3.8) is 0 Å². The molecule has 4 aromatic carbocycles. The molecule has 0 fully saturated rings. The summed E-state index contributed by atoms with van der Waals surface area (Å²) in [5.74, 6) is 2.35. The third-order valence-corrected chi connectivity index (χ3v) is 6.79. The van der Waals surface area contributed by atoms with Crippen molar-refractivity contribution in [1.82, 2.24) is 0 Å². The Hall–Kier alpha value is -4.15. The van der Waals surface area contributed by atoms with Gasteiger partial charge in [0, 0.05) is 30.3 Å². The van der Waals surface area contributed by atoms with Gasteiger partial charge in [-0.3, -0.25) is 4.79 Å². The molecule has 0 saturated carbocycles. The van der Waals surface area contributed by atoms with Gasteiger partial charge >= 0.3 is 0 Å². The lowest BCUT2D eigenvalue weighted by atomic mass is 9.78. The lowest BCUT2D eigenvalue weighted by Gasteiger charge is -2.26. The monoisotopic (exact) mass is 566 g/mol. The minimum atomic E-state index is -0.160. The van der Waals surface area contributed by atoms with Gasteiger partial charge in [-0.15, -0.1) is 13.2 Å². The molecule has 222 valence electrons. The first kappa shape index (κ1) is 34.1. The van der Waals surface area contributed by atoms with Gasteiger partial charge in [0.05, 0.1) is 6.10 Å². The maximum absolute atomic E-state index is 12.8. The molecule has 42 heavy (non-hydrogen) atoms. The molecule has 0 N–H and O–H groups in total. The van der Waals surface area contributed by atoms with Gasteiger partial charge in [0.25, 0.3) is 0 Å². The van der Waals surface area contributed by atoms with E-state index in [-0.39, 0.29) is 17.3 Å². The largest absolute Gasteiger partial charge is 0.491 e. The fourth-order valence-electron chi connectivity index (χ4n) is 4.20. The third-order valence-electron chi connectivity index (χ3n) is 6.79. The molecule has 4 heteroatoms. The van der Waals surface area contributed by atoms with Crippen molar-refractivity contribution in [2.45, 2.75) is 59.5 Å². The molecule has 0 radical (unpaired) electrons. The molecule has 0 atom stereocenters. The standard InChI is InChI=1S/C33H34O3.C3H8O.C2H4/c1-6-24-7-9-25(10-8-24)32(34)26-11-17-30(18-12-26)36-31-21-15-28(16-22-31)33(4,5)27-13-19-29(20-14-27)35-23(2)3;1-3-4-2;1-2/h7-23H,6H2,1-5H3;3H2,1-2H3;1-2H2.